The summed E-state index contributed by atoms with van der Waals surface area (Å²) in [6, 6.07) is 0. The zero-order valence-electron chi connectivity index (χ0n) is 5.24. The van der Waals surface area contributed by atoms with Gasteiger partial charge in [-0.1, -0.05) is 0 Å². The van der Waals surface area contributed by atoms with Crippen LogP contribution in [0.1, 0.15) is 6.92 Å². The van der Waals surface area contributed by atoms with Gasteiger partial charge in [0.2, 0.25) is 6.54 Å². The molecule has 0 aromatic carbocycles. The lowest BCUT2D eigenvalue weighted by atomic mass is 10.0. The van der Waals surface area contributed by atoms with E-state index in [-0.39, 0.29) is 23.5 Å². The van der Waals surface area contributed by atoms with Gasteiger partial charge >= 0.3 is 0 Å². The third-order valence-electron chi connectivity index (χ3n) is 1.62. The third kappa shape index (κ3) is 1.38. The average molecular weight is 131 g/mol. The van der Waals surface area contributed by atoms with Gasteiger partial charge in [-0.05, 0) is 6.92 Å². The molecule has 1 aliphatic heterocycles. The Morgan fingerprint density at radius 2 is 2.56 bits per heavy atom. The first-order valence-corrected chi connectivity index (χ1v) is 2.93. The van der Waals surface area contributed by atoms with Gasteiger partial charge in [0.25, 0.3) is 0 Å². The van der Waals surface area contributed by atoms with Gasteiger partial charge in [0.1, 0.15) is 0 Å². The fourth-order valence-electron chi connectivity index (χ4n) is 0.817. The second-order valence-corrected chi connectivity index (χ2v) is 2.31. The molecule has 0 bridgehead atoms. The van der Waals surface area contributed by atoms with Gasteiger partial charge in [-0.3, -0.25) is 10.1 Å². The fourth-order valence-corrected chi connectivity index (χ4v) is 0.817. The lowest BCUT2D eigenvalue weighted by molar-refractivity contribution is -0.497. The minimum absolute atomic E-state index is 0.0567. The molecule has 1 heterocycles. The van der Waals surface area contributed by atoms with E-state index < -0.39 is 0 Å². The van der Waals surface area contributed by atoms with Crippen LogP contribution >= 0.6 is 0 Å². The zero-order chi connectivity index (χ0) is 6.85. The van der Waals surface area contributed by atoms with E-state index in [1.165, 1.54) is 0 Å². The maximum atomic E-state index is 9.90. The van der Waals surface area contributed by atoms with E-state index in [2.05, 4.69) is 0 Å². The second-order valence-electron chi connectivity index (χ2n) is 2.31. The number of hydrogen-bond acceptors (Lipinski definition) is 3. The lowest BCUT2D eigenvalue weighted by Crippen LogP contribution is -2.41. The van der Waals surface area contributed by atoms with Crippen LogP contribution < -0.4 is 0 Å². The number of ether oxygens (including phenoxy) is 1. The number of nitrogens with zero attached hydrogens (tertiary/aromatic N) is 1. The maximum absolute atomic E-state index is 9.90. The van der Waals surface area contributed by atoms with Crippen LogP contribution in [0.3, 0.4) is 0 Å². The van der Waals surface area contributed by atoms with Crippen molar-refractivity contribution in [2.75, 3.05) is 13.2 Å². The molecule has 2 unspecified atom stereocenters. The van der Waals surface area contributed by atoms with Crippen molar-refractivity contribution in [2.24, 2.45) is 5.92 Å². The largest absolute Gasteiger partial charge is 0.377 e. The number of nitro groups is 1. The molecule has 1 saturated heterocycles. The average Bonchev–Trinajstić information content (AvgIpc) is 1.79. The molecule has 0 amide bonds. The first kappa shape index (κ1) is 6.48. The normalized spacial score (nSPS) is 33.4. The summed E-state index contributed by atoms with van der Waals surface area (Å²) < 4.78 is 4.94. The van der Waals surface area contributed by atoms with Crippen molar-refractivity contribution in [1.82, 2.24) is 0 Å². The van der Waals surface area contributed by atoms with Crippen LogP contribution in [0.5, 0.6) is 0 Å². The smallest absolute Gasteiger partial charge is 0.211 e. The highest BCUT2D eigenvalue weighted by atomic mass is 16.6. The molecule has 52 valence electrons. The van der Waals surface area contributed by atoms with Crippen LogP contribution in [0.25, 0.3) is 0 Å². The van der Waals surface area contributed by atoms with Crippen LogP contribution in [0.4, 0.5) is 0 Å². The molecule has 9 heavy (non-hydrogen) atoms. The van der Waals surface area contributed by atoms with E-state index >= 15 is 0 Å². The maximum Gasteiger partial charge on any atom is 0.211 e. The highest BCUT2D eigenvalue weighted by molar-refractivity contribution is 4.73. The summed E-state index contributed by atoms with van der Waals surface area (Å²) in [5.74, 6) is 0.153. The quantitative estimate of drug-likeness (QED) is 0.400. The van der Waals surface area contributed by atoms with Crippen molar-refractivity contribution in [3.8, 4) is 0 Å². The van der Waals surface area contributed by atoms with Crippen molar-refractivity contribution < 1.29 is 9.66 Å². The Morgan fingerprint density at radius 3 is 2.67 bits per heavy atom. The predicted octanol–water partition coefficient (Wildman–Crippen LogP) is 0.298. The molecular weight excluding hydrogens is 122 g/mol. The molecule has 0 aromatic rings. The molecule has 2 atom stereocenters. The Hall–Kier alpha value is -0.640. The molecule has 1 rings (SSSR count). The topological polar surface area (TPSA) is 52.4 Å². The first-order valence-electron chi connectivity index (χ1n) is 2.93. The Balaban J connectivity index is 2.21. The zero-order valence-corrected chi connectivity index (χ0v) is 5.24. The van der Waals surface area contributed by atoms with Crippen molar-refractivity contribution in [2.45, 2.75) is 13.0 Å². The van der Waals surface area contributed by atoms with Crippen LogP contribution in [0.2, 0.25) is 0 Å². The molecule has 0 N–H and O–H groups in total. The van der Waals surface area contributed by atoms with Crippen LogP contribution in [-0.2, 0) is 4.74 Å². The van der Waals surface area contributed by atoms with E-state index in [9.17, 15) is 10.1 Å². The van der Waals surface area contributed by atoms with Gasteiger partial charge < -0.3 is 4.74 Å². The Bertz CT molecular complexity index is 125. The van der Waals surface area contributed by atoms with Crippen molar-refractivity contribution >= 4 is 0 Å². The molecule has 0 radical (unpaired) electrons. The highest BCUT2D eigenvalue weighted by Gasteiger charge is 2.31. The van der Waals surface area contributed by atoms with Crippen LogP contribution in [0, 0.1) is 16.0 Å². The van der Waals surface area contributed by atoms with Crippen LogP contribution in [0.15, 0.2) is 0 Å². The van der Waals surface area contributed by atoms with Gasteiger partial charge in [-0.25, -0.2) is 0 Å². The summed E-state index contributed by atoms with van der Waals surface area (Å²) in [5, 5.41) is 9.90. The third-order valence-corrected chi connectivity index (χ3v) is 1.62. The Kier molecular flexibility index (Phi) is 1.66. The SMILES string of the molecule is CC1OCC1C[N+](=O)[O-]. The molecule has 0 saturated carbocycles. The minimum Gasteiger partial charge on any atom is -0.377 e. The molecule has 4 heteroatoms. The predicted molar refractivity (Wildman–Crippen MR) is 30.8 cm³/mol. The fraction of sp³-hybridized carbons (Fsp3) is 1.00. The summed E-state index contributed by atoms with van der Waals surface area (Å²) in [6.45, 7) is 2.47. The monoisotopic (exact) mass is 131 g/mol. The Labute approximate surface area is 53.0 Å². The van der Waals surface area contributed by atoms with Crippen LogP contribution in [-0.4, -0.2) is 24.2 Å². The summed E-state index contributed by atoms with van der Waals surface area (Å²) >= 11 is 0. The van der Waals surface area contributed by atoms with E-state index in [0.29, 0.717) is 6.61 Å². The molecule has 0 aliphatic carbocycles. The van der Waals surface area contributed by atoms with E-state index in [1.54, 1.807) is 0 Å². The van der Waals surface area contributed by atoms with E-state index in [1.807, 2.05) is 6.92 Å². The van der Waals surface area contributed by atoms with Crippen molar-refractivity contribution in [1.29, 1.82) is 0 Å². The lowest BCUT2D eigenvalue weighted by Gasteiger charge is -2.30. The molecule has 1 fully saturated rings. The van der Waals surface area contributed by atoms with Crippen molar-refractivity contribution in [3.63, 3.8) is 0 Å². The molecule has 1 aliphatic rings. The summed E-state index contributed by atoms with van der Waals surface area (Å²) in [6.07, 6.45) is 0.0930. The first-order chi connectivity index (χ1) is 4.20. The number of rotatable bonds is 2. The molecular formula is C5H9NO3. The standard InChI is InChI=1S/C5H9NO3/c1-4-5(3-9-4)2-6(7)8/h4-5H,2-3H2,1H3. The van der Waals surface area contributed by atoms with Gasteiger partial charge in [0.05, 0.1) is 18.6 Å². The van der Waals surface area contributed by atoms with Gasteiger partial charge in [-0.2, -0.15) is 0 Å². The second kappa shape index (κ2) is 2.31. The van der Waals surface area contributed by atoms with E-state index in [4.69, 9.17) is 4.74 Å². The number of hydrogen-bond donors (Lipinski definition) is 0. The minimum atomic E-state index is -0.288. The summed E-state index contributed by atoms with van der Waals surface area (Å²) in [7, 11) is 0. The van der Waals surface area contributed by atoms with E-state index in [0.717, 1.165) is 0 Å². The van der Waals surface area contributed by atoms with Gasteiger partial charge in [-0.15, -0.1) is 0 Å². The molecule has 0 aromatic heterocycles. The molecule has 4 nitrogen and oxygen atoms in total. The van der Waals surface area contributed by atoms with Gasteiger partial charge in [0.15, 0.2) is 0 Å². The van der Waals surface area contributed by atoms with Crippen molar-refractivity contribution in [3.05, 3.63) is 10.1 Å². The van der Waals surface area contributed by atoms with Gasteiger partial charge in [0, 0.05) is 4.92 Å². The molecule has 0 spiro atoms. The highest BCUT2D eigenvalue weighted by Crippen LogP contribution is 2.18. The Morgan fingerprint density at radius 1 is 1.89 bits per heavy atom. The summed E-state index contributed by atoms with van der Waals surface area (Å²) in [5.41, 5.74) is 0. The summed E-state index contributed by atoms with van der Waals surface area (Å²) in [4.78, 5) is 9.61.